The largest absolute Gasteiger partial charge is 0.497 e. The van der Waals surface area contributed by atoms with E-state index >= 15 is 0 Å². The third-order valence-corrected chi connectivity index (χ3v) is 6.99. The van der Waals surface area contributed by atoms with E-state index in [0.717, 1.165) is 21.4 Å². The van der Waals surface area contributed by atoms with Crippen LogP contribution in [-0.2, 0) is 0 Å². The molecule has 0 bridgehead atoms. The zero-order valence-electron chi connectivity index (χ0n) is 21.9. The molecule has 204 valence electrons. The molecule has 0 aliphatic carbocycles. The van der Waals surface area contributed by atoms with Crippen molar-refractivity contribution < 1.29 is 28.6 Å². The fourth-order valence-electron chi connectivity index (χ4n) is 3.58. The molecule has 0 unspecified atom stereocenters. The van der Waals surface area contributed by atoms with Crippen LogP contribution in [0.5, 0.6) is 17.2 Å². The van der Waals surface area contributed by atoms with Crippen molar-refractivity contribution in [1.82, 2.24) is 9.42 Å². The molecule has 0 aliphatic heterocycles. The van der Waals surface area contributed by atoms with Crippen molar-refractivity contribution in [1.29, 1.82) is 0 Å². The first-order valence-electron chi connectivity index (χ1n) is 11.9. The summed E-state index contributed by atoms with van der Waals surface area (Å²) in [4.78, 5) is 42.5. The Labute approximate surface area is 241 Å². The van der Waals surface area contributed by atoms with Crippen LogP contribution in [0, 0.1) is 0 Å². The van der Waals surface area contributed by atoms with Gasteiger partial charge >= 0.3 is 0 Å². The zero-order valence-corrected chi connectivity index (χ0v) is 23.4. The summed E-state index contributed by atoms with van der Waals surface area (Å²) in [5.41, 5.74) is 0.569. The second-order valence-electron chi connectivity index (χ2n) is 8.23. The predicted molar refractivity (Wildman–Crippen MR) is 153 cm³/mol. The van der Waals surface area contributed by atoms with Crippen LogP contribution < -0.4 is 14.2 Å². The lowest BCUT2D eigenvalue weighted by atomic mass is 10.1. The summed E-state index contributed by atoms with van der Waals surface area (Å²) in [5, 5.41) is 1.27. The third-order valence-electron chi connectivity index (χ3n) is 5.76. The number of hydrazine groups is 1. The van der Waals surface area contributed by atoms with Crippen LogP contribution in [0.4, 0.5) is 0 Å². The molecule has 0 aliphatic rings. The Morgan fingerprint density at radius 1 is 0.550 bits per heavy atom. The molecule has 8 nitrogen and oxygen atoms in total. The van der Waals surface area contributed by atoms with Crippen LogP contribution >= 0.6 is 23.5 Å². The maximum atomic E-state index is 14.0. The number of carbonyl (C=O) groups is 3. The summed E-state index contributed by atoms with van der Waals surface area (Å²) < 4.78 is 16.7. The minimum atomic E-state index is -0.716. The van der Waals surface area contributed by atoms with E-state index < -0.39 is 17.7 Å². The fourth-order valence-corrected chi connectivity index (χ4v) is 4.58. The lowest BCUT2D eigenvalue weighted by molar-refractivity contribution is 0.0282. The number of carbonyl (C=O) groups excluding carboxylic acids is 3. The molecule has 4 aromatic rings. The third kappa shape index (κ3) is 6.56. The first-order valence-corrected chi connectivity index (χ1v) is 13.1. The lowest BCUT2D eigenvalue weighted by Gasteiger charge is -2.32. The summed E-state index contributed by atoms with van der Waals surface area (Å²) in [5.74, 6) is -0.363. The highest BCUT2D eigenvalue weighted by atomic mass is 35.5. The van der Waals surface area contributed by atoms with Gasteiger partial charge in [0.15, 0.2) is 0 Å². The molecule has 0 heterocycles. The van der Waals surface area contributed by atoms with Gasteiger partial charge in [0, 0.05) is 38.6 Å². The minimum absolute atomic E-state index is 0.173. The molecule has 0 spiro atoms. The van der Waals surface area contributed by atoms with Crippen LogP contribution in [0.3, 0.4) is 0 Å². The van der Waals surface area contributed by atoms with E-state index in [4.69, 9.17) is 25.8 Å². The molecule has 0 radical (unpaired) electrons. The summed E-state index contributed by atoms with van der Waals surface area (Å²) in [6.07, 6.45) is 0. The van der Waals surface area contributed by atoms with Gasteiger partial charge in [-0.05, 0) is 97.1 Å². The molecule has 0 N–H and O–H groups in total. The number of methoxy groups -OCH3 is 3. The lowest BCUT2D eigenvalue weighted by Crippen LogP contribution is -2.49. The van der Waals surface area contributed by atoms with E-state index in [9.17, 15) is 14.4 Å². The highest BCUT2D eigenvalue weighted by Crippen LogP contribution is 2.31. The number of imide groups is 1. The Bertz CT molecular complexity index is 1420. The van der Waals surface area contributed by atoms with Crippen molar-refractivity contribution >= 4 is 41.3 Å². The van der Waals surface area contributed by atoms with Crippen LogP contribution in [0.2, 0.25) is 5.02 Å². The topological polar surface area (TPSA) is 85.4 Å². The van der Waals surface area contributed by atoms with Crippen molar-refractivity contribution in [3.05, 3.63) is 119 Å². The second kappa shape index (κ2) is 13.1. The Morgan fingerprint density at radius 2 is 0.900 bits per heavy atom. The number of amides is 3. The van der Waals surface area contributed by atoms with Crippen molar-refractivity contribution in [2.24, 2.45) is 0 Å². The van der Waals surface area contributed by atoms with Gasteiger partial charge in [0.25, 0.3) is 17.7 Å². The highest BCUT2D eigenvalue weighted by Gasteiger charge is 2.35. The number of nitrogens with zero attached hydrogens (tertiary/aromatic N) is 2. The standard InChI is InChI=1S/C30H25ClN2O6S/c1-37-24-12-6-20(7-13-24)28(34)32(29(35)21-8-14-25(38-2)15-9-21)33(30(36)22-4-10-23(31)11-5-22)40-27-18-16-26(39-3)17-19-27/h4-19H,1-3H3. The van der Waals surface area contributed by atoms with E-state index in [0.29, 0.717) is 27.2 Å². The zero-order chi connectivity index (χ0) is 28.6. The second-order valence-corrected chi connectivity index (χ2v) is 9.67. The van der Waals surface area contributed by atoms with E-state index in [1.54, 1.807) is 67.8 Å². The smallest absolute Gasteiger partial charge is 0.283 e. The minimum Gasteiger partial charge on any atom is -0.497 e. The van der Waals surface area contributed by atoms with Gasteiger partial charge in [-0.25, -0.2) is 0 Å². The normalized spacial score (nSPS) is 10.4. The van der Waals surface area contributed by atoms with Crippen LogP contribution in [0.25, 0.3) is 0 Å². The molecule has 3 amide bonds. The van der Waals surface area contributed by atoms with Gasteiger partial charge in [-0.2, -0.15) is 9.42 Å². The summed E-state index contributed by atoms with van der Waals surface area (Å²) in [6, 6.07) is 25.6. The van der Waals surface area contributed by atoms with Gasteiger partial charge < -0.3 is 14.2 Å². The number of ether oxygens (including phenoxy) is 3. The quantitative estimate of drug-likeness (QED) is 0.136. The van der Waals surface area contributed by atoms with Crippen molar-refractivity contribution in [2.45, 2.75) is 4.90 Å². The first kappa shape index (κ1) is 28.5. The van der Waals surface area contributed by atoms with Gasteiger partial charge in [0.05, 0.1) is 21.3 Å². The molecular weight excluding hydrogens is 552 g/mol. The fraction of sp³-hybridized carbons (Fsp3) is 0.100. The molecule has 0 aromatic heterocycles. The Morgan fingerprint density at radius 3 is 1.30 bits per heavy atom. The molecule has 0 fully saturated rings. The average Bonchev–Trinajstić information content (AvgIpc) is 3.01. The van der Waals surface area contributed by atoms with E-state index in [2.05, 4.69) is 0 Å². The number of benzene rings is 4. The molecule has 4 rings (SSSR count). The Kier molecular flexibility index (Phi) is 9.31. The highest BCUT2D eigenvalue weighted by molar-refractivity contribution is 7.97. The average molecular weight is 577 g/mol. The number of hydrogen-bond acceptors (Lipinski definition) is 7. The van der Waals surface area contributed by atoms with Crippen LogP contribution in [-0.4, -0.2) is 48.5 Å². The van der Waals surface area contributed by atoms with Crippen LogP contribution in [0.15, 0.2) is 102 Å². The molecule has 4 aromatic carbocycles. The maximum absolute atomic E-state index is 14.0. The van der Waals surface area contributed by atoms with Crippen molar-refractivity contribution in [3.8, 4) is 17.2 Å². The predicted octanol–water partition coefficient (Wildman–Crippen LogP) is 6.41. The van der Waals surface area contributed by atoms with Gasteiger partial charge in [0.1, 0.15) is 17.2 Å². The molecule has 0 saturated carbocycles. The number of rotatable bonds is 8. The maximum Gasteiger partial charge on any atom is 0.283 e. The molecule has 40 heavy (non-hydrogen) atoms. The summed E-state index contributed by atoms with van der Waals surface area (Å²) in [6.45, 7) is 0. The van der Waals surface area contributed by atoms with E-state index in [1.165, 1.54) is 50.6 Å². The SMILES string of the molecule is COc1ccc(SN(C(=O)c2ccc(Cl)cc2)N(C(=O)c2ccc(OC)cc2)C(=O)c2ccc(OC)cc2)cc1. The Balaban J connectivity index is 1.84. The van der Waals surface area contributed by atoms with Crippen molar-refractivity contribution in [2.75, 3.05) is 21.3 Å². The van der Waals surface area contributed by atoms with Gasteiger partial charge in [-0.3, -0.25) is 14.4 Å². The monoisotopic (exact) mass is 576 g/mol. The van der Waals surface area contributed by atoms with Gasteiger partial charge in [0.2, 0.25) is 0 Å². The number of hydrogen-bond donors (Lipinski definition) is 0. The molecule has 0 atom stereocenters. The number of halogens is 1. The summed E-state index contributed by atoms with van der Waals surface area (Å²) >= 11 is 6.96. The van der Waals surface area contributed by atoms with Gasteiger partial charge in [-0.1, -0.05) is 11.6 Å². The first-order chi connectivity index (χ1) is 19.3. The van der Waals surface area contributed by atoms with Crippen LogP contribution in [0.1, 0.15) is 31.1 Å². The van der Waals surface area contributed by atoms with E-state index in [-0.39, 0.29) is 16.7 Å². The van der Waals surface area contributed by atoms with E-state index in [1.807, 2.05) is 0 Å². The molecular formula is C30H25ClN2O6S. The molecule has 0 saturated heterocycles. The molecule has 10 heteroatoms. The summed E-state index contributed by atoms with van der Waals surface area (Å²) in [7, 11) is 4.56. The Hall–Kier alpha value is -4.47. The van der Waals surface area contributed by atoms with Gasteiger partial charge in [-0.15, -0.1) is 0 Å². The van der Waals surface area contributed by atoms with Crippen molar-refractivity contribution in [3.63, 3.8) is 0 Å².